The van der Waals surface area contributed by atoms with Gasteiger partial charge in [0.1, 0.15) is 6.10 Å². The number of aromatic nitrogens is 3. The molecule has 1 aliphatic rings. The summed E-state index contributed by atoms with van der Waals surface area (Å²) in [5.74, 6) is 0.500. The molecule has 0 spiro atoms. The van der Waals surface area contributed by atoms with E-state index >= 15 is 0 Å². The van der Waals surface area contributed by atoms with Crippen molar-refractivity contribution in [2.75, 3.05) is 26.7 Å². The van der Waals surface area contributed by atoms with E-state index in [2.05, 4.69) is 32.2 Å². The summed E-state index contributed by atoms with van der Waals surface area (Å²) in [5.41, 5.74) is 2.03. The number of nitrogens with one attached hydrogen (secondary N) is 1. The van der Waals surface area contributed by atoms with Crippen LogP contribution in [0.1, 0.15) is 33.7 Å². The molecule has 0 bridgehead atoms. The minimum absolute atomic E-state index is 0.125. The fourth-order valence-corrected chi connectivity index (χ4v) is 2.59. The molecule has 1 aliphatic heterocycles. The second-order valence-corrected chi connectivity index (χ2v) is 5.85. The van der Waals surface area contributed by atoms with Gasteiger partial charge in [0.2, 0.25) is 0 Å². The average Bonchev–Trinajstić information content (AvgIpc) is 2.60. The maximum Gasteiger partial charge on any atom is 0.253 e. The average molecular weight is 327 g/mol. The van der Waals surface area contributed by atoms with Gasteiger partial charge in [-0.05, 0) is 32.2 Å². The minimum atomic E-state index is -0.158. The number of amides is 1. The zero-order valence-corrected chi connectivity index (χ0v) is 13.9. The van der Waals surface area contributed by atoms with Crippen molar-refractivity contribution in [3.63, 3.8) is 0 Å². The molecule has 2 aromatic heterocycles. The Balaban J connectivity index is 1.64. The number of ether oxygens (including phenoxy) is 1. The van der Waals surface area contributed by atoms with Crippen LogP contribution >= 0.6 is 0 Å². The Hall–Kier alpha value is -2.38. The summed E-state index contributed by atoms with van der Waals surface area (Å²) in [6, 6.07) is 5.31. The van der Waals surface area contributed by atoms with Gasteiger partial charge in [0.05, 0.1) is 24.4 Å². The van der Waals surface area contributed by atoms with E-state index in [-0.39, 0.29) is 12.0 Å². The van der Waals surface area contributed by atoms with Crippen molar-refractivity contribution in [3.8, 4) is 0 Å². The molecule has 3 heterocycles. The molecule has 7 nitrogen and oxygen atoms in total. The molecule has 0 radical (unpaired) electrons. The monoisotopic (exact) mass is 327 g/mol. The van der Waals surface area contributed by atoms with Crippen molar-refractivity contribution in [2.24, 2.45) is 0 Å². The van der Waals surface area contributed by atoms with Crippen LogP contribution in [0.3, 0.4) is 0 Å². The van der Waals surface area contributed by atoms with Crippen LogP contribution in [0.5, 0.6) is 0 Å². The number of morpholine rings is 1. The fourth-order valence-electron chi connectivity index (χ4n) is 2.59. The van der Waals surface area contributed by atoms with Crippen molar-refractivity contribution < 1.29 is 9.53 Å². The number of hydrogen-bond acceptors (Lipinski definition) is 6. The highest BCUT2D eigenvalue weighted by atomic mass is 16.5. The Morgan fingerprint density at radius 1 is 1.38 bits per heavy atom. The number of nitrogens with zero attached hydrogens (tertiary/aromatic N) is 4. The number of rotatable bonds is 4. The predicted octanol–water partition coefficient (Wildman–Crippen LogP) is 1.11. The van der Waals surface area contributed by atoms with Gasteiger partial charge >= 0.3 is 0 Å². The number of likely N-dealkylation sites (N-methyl/N-ethyl adjacent to an activating group) is 1. The highest BCUT2D eigenvalue weighted by Crippen LogP contribution is 2.18. The lowest BCUT2D eigenvalue weighted by atomic mass is 10.2. The number of pyridine rings is 1. The standard InChI is InChI=1S/C17H21N5O2/c1-12-14(4-3-6-18-12)17(23)20-10-13-5-7-19-16(21-13)15-11-22(2)8-9-24-15/h3-7,15H,8-11H2,1-2H3,(H,20,23). The molecule has 3 rings (SSSR count). The lowest BCUT2D eigenvalue weighted by Crippen LogP contribution is -2.36. The van der Waals surface area contributed by atoms with E-state index in [0.717, 1.165) is 18.8 Å². The van der Waals surface area contributed by atoms with Crippen molar-refractivity contribution >= 4 is 5.91 Å². The molecule has 1 atom stereocenters. The third-order valence-corrected chi connectivity index (χ3v) is 3.97. The Kier molecular flexibility index (Phi) is 5.12. The van der Waals surface area contributed by atoms with Crippen LogP contribution in [-0.2, 0) is 11.3 Å². The smallest absolute Gasteiger partial charge is 0.253 e. The van der Waals surface area contributed by atoms with Crippen LogP contribution in [0.2, 0.25) is 0 Å². The van der Waals surface area contributed by atoms with Gasteiger partial charge < -0.3 is 15.0 Å². The Labute approximate surface area is 141 Å². The molecule has 1 saturated heterocycles. The molecule has 0 aromatic carbocycles. The molecule has 7 heteroatoms. The highest BCUT2D eigenvalue weighted by Gasteiger charge is 2.22. The lowest BCUT2D eigenvalue weighted by molar-refractivity contribution is -0.0256. The molecule has 0 saturated carbocycles. The third-order valence-electron chi connectivity index (χ3n) is 3.97. The zero-order chi connectivity index (χ0) is 16.9. The molecule has 1 fully saturated rings. The topological polar surface area (TPSA) is 80.2 Å². The quantitative estimate of drug-likeness (QED) is 0.906. The van der Waals surface area contributed by atoms with E-state index in [1.165, 1.54) is 0 Å². The van der Waals surface area contributed by atoms with E-state index in [0.29, 0.717) is 30.2 Å². The molecule has 126 valence electrons. The van der Waals surface area contributed by atoms with Gasteiger partial charge in [-0.25, -0.2) is 9.97 Å². The Bertz CT molecular complexity index is 722. The normalized spacial score (nSPS) is 18.3. The molecule has 1 amide bonds. The van der Waals surface area contributed by atoms with E-state index in [1.807, 2.05) is 6.92 Å². The number of carbonyl (C=O) groups excluding carboxylic acids is 1. The van der Waals surface area contributed by atoms with Crippen LogP contribution in [0, 0.1) is 6.92 Å². The van der Waals surface area contributed by atoms with Crippen molar-refractivity contribution in [1.29, 1.82) is 0 Å². The second-order valence-electron chi connectivity index (χ2n) is 5.85. The summed E-state index contributed by atoms with van der Waals surface area (Å²) in [7, 11) is 2.05. The fraction of sp³-hybridized carbons (Fsp3) is 0.412. The first-order chi connectivity index (χ1) is 11.6. The highest BCUT2D eigenvalue weighted by molar-refractivity contribution is 5.95. The summed E-state index contributed by atoms with van der Waals surface area (Å²) in [6.45, 7) is 4.51. The van der Waals surface area contributed by atoms with E-state index in [4.69, 9.17) is 4.74 Å². The van der Waals surface area contributed by atoms with Gasteiger partial charge in [-0.2, -0.15) is 0 Å². The first-order valence-corrected chi connectivity index (χ1v) is 7.95. The van der Waals surface area contributed by atoms with E-state index < -0.39 is 0 Å². The van der Waals surface area contributed by atoms with Gasteiger partial charge in [-0.1, -0.05) is 0 Å². The molecule has 0 aliphatic carbocycles. The van der Waals surface area contributed by atoms with Crippen molar-refractivity contribution in [3.05, 3.63) is 53.4 Å². The van der Waals surface area contributed by atoms with Gasteiger partial charge in [0.25, 0.3) is 5.91 Å². The third kappa shape index (κ3) is 3.93. The van der Waals surface area contributed by atoms with Gasteiger partial charge in [0.15, 0.2) is 5.82 Å². The minimum Gasteiger partial charge on any atom is -0.368 e. The summed E-state index contributed by atoms with van der Waals surface area (Å²) in [6.07, 6.45) is 3.25. The number of carbonyl (C=O) groups is 1. The summed E-state index contributed by atoms with van der Waals surface area (Å²) < 4.78 is 5.74. The summed E-state index contributed by atoms with van der Waals surface area (Å²) >= 11 is 0. The molecular weight excluding hydrogens is 306 g/mol. The number of hydrogen-bond donors (Lipinski definition) is 1. The van der Waals surface area contributed by atoms with Crippen LogP contribution in [0.4, 0.5) is 0 Å². The zero-order valence-electron chi connectivity index (χ0n) is 13.9. The Morgan fingerprint density at radius 3 is 3.04 bits per heavy atom. The van der Waals surface area contributed by atoms with Crippen LogP contribution in [0.15, 0.2) is 30.6 Å². The maximum absolute atomic E-state index is 12.2. The van der Waals surface area contributed by atoms with Crippen LogP contribution in [-0.4, -0.2) is 52.5 Å². The predicted molar refractivity (Wildman–Crippen MR) is 88.4 cm³/mol. The molecule has 1 N–H and O–H groups in total. The largest absolute Gasteiger partial charge is 0.368 e. The number of aryl methyl sites for hydroxylation is 1. The van der Waals surface area contributed by atoms with Crippen LogP contribution in [0.25, 0.3) is 0 Å². The summed E-state index contributed by atoms with van der Waals surface area (Å²) in [4.78, 5) is 27.4. The Morgan fingerprint density at radius 2 is 2.25 bits per heavy atom. The van der Waals surface area contributed by atoms with Gasteiger partial charge in [-0.15, -0.1) is 0 Å². The van der Waals surface area contributed by atoms with Gasteiger partial charge in [-0.3, -0.25) is 9.78 Å². The molecule has 24 heavy (non-hydrogen) atoms. The van der Waals surface area contributed by atoms with Crippen LogP contribution < -0.4 is 5.32 Å². The first kappa shape index (κ1) is 16.5. The van der Waals surface area contributed by atoms with Crippen molar-refractivity contribution in [1.82, 2.24) is 25.2 Å². The lowest BCUT2D eigenvalue weighted by Gasteiger charge is -2.29. The van der Waals surface area contributed by atoms with Gasteiger partial charge in [0, 0.05) is 31.2 Å². The van der Waals surface area contributed by atoms with E-state index in [9.17, 15) is 4.79 Å². The van der Waals surface area contributed by atoms with E-state index in [1.54, 1.807) is 30.6 Å². The first-order valence-electron chi connectivity index (χ1n) is 7.95. The summed E-state index contributed by atoms with van der Waals surface area (Å²) in [5, 5.41) is 2.87. The molecule has 2 aromatic rings. The van der Waals surface area contributed by atoms with Crippen molar-refractivity contribution in [2.45, 2.75) is 19.6 Å². The second kappa shape index (κ2) is 7.46. The maximum atomic E-state index is 12.2. The molecule has 1 unspecified atom stereocenters. The molecular formula is C17H21N5O2. The SMILES string of the molecule is Cc1ncccc1C(=O)NCc1ccnc(C2CN(C)CCO2)n1.